The Labute approximate surface area is 99.9 Å². The molecular formula is C13H17F2NO. The van der Waals surface area contributed by atoms with E-state index in [9.17, 15) is 8.78 Å². The van der Waals surface area contributed by atoms with Crippen LogP contribution in [0.4, 0.5) is 8.78 Å². The van der Waals surface area contributed by atoms with Gasteiger partial charge in [-0.3, -0.25) is 4.90 Å². The first-order valence-electron chi connectivity index (χ1n) is 5.89. The molecule has 1 aliphatic rings. The summed E-state index contributed by atoms with van der Waals surface area (Å²) in [6.45, 7) is 2.27. The zero-order valence-corrected chi connectivity index (χ0v) is 9.65. The molecule has 0 saturated carbocycles. The molecule has 0 aliphatic carbocycles. The number of aliphatic hydroxyl groups is 1. The van der Waals surface area contributed by atoms with Gasteiger partial charge in [0.1, 0.15) is 0 Å². The number of halogens is 2. The number of rotatable bonds is 4. The molecule has 1 atom stereocenters. The second kappa shape index (κ2) is 5.10. The zero-order chi connectivity index (χ0) is 12.3. The lowest BCUT2D eigenvalue weighted by Gasteiger charge is -2.17. The summed E-state index contributed by atoms with van der Waals surface area (Å²) in [5.41, 5.74) is 1.20. The van der Waals surface area contributed by atoms with Crippen molar-refractivity contribution in [2.24, 2.45) is 5.92 Å². The summed E-state index contributed by atoms with van der Waals surface area (Å²) in [5, 5.41) is 8.50. The monoisotopic (exact) mass is 241 g/mol. The summed E-state index contributed by atoms with van der Waals surface area (Å²) in [7, 11) is 0. The SMILES string of the molecule is OC(F)(F)CC1CCN(Cc2ccccc2)C1. The van der Waals surface area contributed by atoms with E-state index in [2.05, 4.69) is 4.90 Å². The normalized spacial score (nSPS) is 21.9. The van der Waals surface area contributed by atoms with E-state index in [-0.39, 0.29) is 5.92 Å². The molecule has 2 rings (SSSR count). The molecule has 2 nitrogen and oxygen atoms in total. The Balaban J connectivity index is 1.82. The van der Waals surface area contributed by atoms with E-state index < -0.39 is 12.5 Å². The summed E-state index contributed by atoms with van der Waals surface area (Å²) < 4.78 is 24.9. The van der Waals surface area contributed by atoms with Gasteiger partial charge in [-0.15, -0.1) is 0 Å². The Morgan fingerprint density at radius 3 is 2.65 bits per heavy atom. The van der Waals surface area contributed by atoms with Crippen molar-refractivity contribution in [3.63, 3.8) is 0 Å². The predicted octanol–water partition coefficient (Wildman–Crippen LogP) is 2.48. The first-order valence-corrected chi connectivity index (χ1v) is 5.89. The first kappa shape index (κ1) is 12.5. The molecule has 0 aromatic heterocycles. The van der Waals surface area contributed by atoms with Gasteiger partial charge in [-0.2, -0.15) is 8.78 Å². The maximum atomic E-state index is 12.5. The topological polar surface area (TPSA) is 23.5 Å². The molecule has 4 heteroatoms. The van der Waals surface area contributed by atoms with Gasteiger partial charge in [0.25, 0.3) is 0 Å². The van der Waals surface area contributed by atoms with Crippen LogP contribution in [0.15, 0.2) is 30.3 Å². The van der Waals surface area contributed by atoms with E-state index in [0.717, 1.165) is 19.5 Å². The molecule has 17 heavy (non-hydrogen) atoms. The smallest absolute Gasteiger partial charge is 0.336 e. The maximum Gasteiger partial charge on any atom is 0.353 e. The lowest BCUT2D eigenvalue weighted by molar-refractivity contribution is -0.209. The van der Waals surface area contributed by atoms with Crippen LogP contribution < -0.4 is 0 Å². The van der Waals surface area contributed by atoms with Crippen molar-refractivity contribution >= 4 is 0 Å². The standard InChI is InChI=1S/C13H17F2NO/c14-13(15,17)8-12-6-7-16(10-12)9-11-4-2-1-3-5-11/h1-5,12,17H,6-10H2. The van der Waals surface area contributed by atoms with Crippen LogP contribution in [-0.4, -0.2) is 29.2 Å². The molecule has 1 heterocycles. The van der Waals surface area contributed by atoms with Gasteiger partial charge in [0.15, 0.2) is 0 Å². The van der Waals surface area contributed by atoms with Crippen LogP contribution in [0, 0.1) is 5.92 Å². The van der Waals surface area contributed by atoms with Crippen LogP contribution in [-0.2, 0) is 6.54 Å². The van der Waals surface area contributed by atoms with E-state index >= 15 is 0 Å². The molecule has 1 fully saturated rings. The third-order valence-electron chi connectivity index (χ3n) is 3.15. The summed E-state index contributed by atoms with van der Waals surface area (Å²) in [4.78, 5) is 2.16. The summed E-state index contributed by atoms with van der Waals surface area (Å²) in [6.07, 6.45) is -3.20. The summed E-state index contributed by atoms with van der Waals surface area (Å²) in [6, 6.07) is 9.99. The van der Waals surface area contributed by atoms with E-state index in [1.54, 1.807) is 0 Å². The molecule has 1 saturated heterocycles. The first-order chi connectivity index (χ1) is 8.03. The molecule has 94 valence electrons. The highest BCUT2D eigenvalue weighted by Crippen LogP contribution is 2.28. The van der Waals surface area contributed by atoms with Gasteiger partial charge in [-0.25, -0.2) is 0 Å². The minimum atomic E-state index is -3.52. The fraction of sp³-hybridized carbons (Fsp3) is 0.538. The van der Waals surface area contributed by atoms with Crippen molar-refractivity contribution in [2.45, 2.75) is 25.5 Å². The van der Waals surface area contributed by atoms with Crippen molar-refractivity contribution in [2.75, 3.05) is 13.1 Å². The largest absolute Gasteiger partial charge is 0.353 e. The Morgan fingerprint density at radius 1 is 1.29 bits per heavy atom. The van der Waals surface area contributed by atoms with Crippen molar-refractivity contribution < 1.29 is 13.9 Å². The van der Waals surface area contributed by atoms with Gasteiger partial charge in [0.05, 0.1) is 0 Å². The number of nitrogens with zero attached hydrogens (tertiary/aromatic N) is 1. The van der Waals surface area contributed by atoms with Gasteiger partial charge < -0.3 is 5.11 Å². The molecule has 1 unspecified atom stereocenters. The van der Waals surface area contributed by atoms with Gasteiger partial charge >= 0.3 is 6.11 Å². The number of hydrogen-bond acceptors (Lipinski definition) is 2. The van der Waals surface area contributed by atoms with Crippen LogP contribution in [0.5, 0.6) is 0 Å². The van der Waals surface area contributed by atoms with Gasteiger partial charge in [-0.05, 0) is 24.4 Å². The highest BCUT2D eigenvalue weighted by molar-refractivity contribution is 5.14. The minimum absolute atomic E-state index is 0.0984. The van der Waals surface area contributed by atoms with Crippen molar-refractivity contribution in [3.05, 3.63) is 35.9 Å². The average molecular weight is 241 g/mol. The molecule has 0 amide bonds. The number of likely N-dealkylation sites (tertiary alicyclic amines) is 1. The molecule has 1 aromatic rings. The lowest BCUT2D eigenvalue weighted by atomic mass is 10.0. The average Bonchev–Trinajstić information content (AvgIpc) is 2.64. The fourth-order valence-electron chi connectivity index (χ4n) is 2.41. The molecule has 1 aromatic carbocycles. The van der Waals surface area contributed by atoms with E-state index in [4.69, 9.17) is 5.11 Å². The quantitative estimate of drug-likeness (QED) is 0.875. The second-order valence-corrected chi connectivity index (χ2v) is 4.75. The van der Waals surface area contributed by atoms with Crippen molar-refractivity contribution in [3.8, 4) is 0 Å². The van der Waals surface area contributed by atoms with Gasteiger partial charge in [0, 0.05) is 19.5 Å². The molecular weight excluding hydrogens is 224 g/mol. The maximum absolute atomic E-state index is 12.5. The Hall–Kier alpha value is -1.00. The second-order valence-electron chi connectivity index (χ2n) is 4.75. The highest BCUT2D eigenvalue weighted by Gasteiger charge is 2.33. The van der Waals surface area contributed by atoms with Gasteiger partial charge in [-0.1, -0.05) is 30.3 Å². The minimum Gasteiger partial charge on any atom is -0.336 e. The molecule has 1 N–H and O–H groups in total. The van der Waals surface area contributed by atoms with Crippen LogP contribution in [0.2, 0.25) is 0 Å². The van der Waals surface area contributed by atoms with Crippen LogP contribution >= 0.6 is 0 Å². The van der Waals surface area contributed by atoms with Crippen LogP contribution in [0.1, 0.15) is 18.4 Å². The van der Waals surface area contributed by atoms with Gasteiger partial charge in [0.2, 0.25) is 0 Å². The van der Waals surface area contributed by atoms with E-state index in [1.807, 2.05) is 30.3 Å². The Morgan fingerprint density at radius 2 is 2.00 bits per heavy atom. The Kier molecular flexibility index (Phi) is 3.74. The fourth-order valence-corrected chi connectivity index (χ4v) is 2.41. The molecule has 0 bridgehead atoms. The van der Waals surface area contributed by atoms with Crippen LogP contribution in [0.25, 0.3) is 0 Å². The number of hydrogen-bond donors (Lipinski definition) is 1. The zero-order valence-electron chi connectivity index (χ0n) is 9.65. The Bertz CT molecular complexity index is 350. The lowest BCUT2D eigenvalue weighted by Crippen LogP contribution is -2.24. The molecule has 0 spiro atoms. The van der Waals surface area contributed by atoms with Crippen molar-refractivity contribution in [1.29, 1.82) is 0 Å². The number of alkyl halides is 2. The predicted molar refractivity (Wildman–Crippen MR) is 61.6 cm³/mol. The third-order valence-corrected chi connectivity index (χ3v) is 3.15. The third kappa shape index (κ3) is 4.06. The number of benzene rings is 1. The summed E-state index contributed by atoms with van der Waals surface area (Å²) >= 11 is 0. The molecule has 0 radical (unpaired) electrons. The summed E-state index contributed by atoms with van der Waals surface area (Å²) in [5.74, 6) is -0.0984. The van der Waals surface area contributed by atoms with E-state index in [0.29, 0.717) is 6.54 Å². The highest BCUT2D eigenvalue weighted by atomic mass is 19.3. The molecule has 1 aliphatic heterocycles. The van der Waals surface area contributed by atoms with E-state index in [1.165, 1.54) is 5.56 Å². The van der Waals surface area contributed by atoms with Crippen molar-refractivity contribution in [1.82, 2.24) is 4.90 Å². The van der Waals surface area contributed by atoms with Crippen LogP contribution in [0.3, 0.4) is 0 Å².